The van der Waals surface area contributed by atoms with E-state index in [1.807, 2.05) is 4.57 Å². The summed E-state index contributed by atoms with van der Waals surface area (Å²) in [7, 11) is -2.12. The molecule has 0 aliphatic carbocycles. The summed E-state index contributed by atoms with van der Waals surface area (Å²) < 4.78 is 32.1. The highest BCUT2D eigenvalue weighted by Crippen LogP contribution is 2.20. The number of aromatic nitrogens is 1. The Morgan fingerprint density at radius 3 is 2.61 bits per heavy atom. The maximum Gasteiger partial charge on any atom is 0.337 e. The molecule has 3 aromatic rings. The van der Waals surface area contributed by atoms with Gasteiger partial charge >= 0.3 is 5.97 Å². The molecule has 31 heavy (non-hydrogen) atoms. The van der Waals surface area contributed by atoms with Crippen LogP contribution in [0.3, 0.4) is 0 Å². The smallest absolute Gasteiger partial charge is 0.337 e. The number of fused-ring (bicyclic) bond motifs is 1. The molecule has 9 heteroatoms. The molecule has 162 valence electrons. The van der Waals surface area contributed by atoms with Crippen LogP contribution < -0.4 is 4.80 Å². The van der Waals surface area contributed by atoms with Gasteiger partial charge in [-0.1, -0.05) is 35.6 Å². The number of hydrogen-bond acceptors (Lipinski definition) is 6. The largest absolute Gasteiger partial charge is 0.465 e. The SMILES string of the molecule is C=CCn1c(=NC(=O)CCCS(=O)(=O)c2ccccc2)sc2cc(C(=O)OC)ccc21. The molecule has 0 unspecified atom stereocenters. The van der Waals surface area contributed by atoms with Crippen molar-refractivity contribution in [3.05, 3.63) is 71.6 Å². The van der Waals surface area contributed by atoms with Gasteiger partial charge in [0.1, 0.15) is 0 Å². The quantitative estimate of drug-likeness (QED) is 0.381. The van der Waals surface area contributed by atoms with E-state index in [0.717, 1.165) is 10.2 Å². The number of nitrogens with zero attached hydrogens (tertiary/aromatic N) is 2. The predicted molar refractivity (Wildman–Crippen MR) is 120 cm³/mol. The maximum absolute atomic E-state index is 12.4. The summed E-state index contributed by atoms with van der Waals surface area (Å²) in [6, 6.07) is 13.3. The van der Waals surface area contributed by atoms with E-state index in [0.29, 0.717) is 16.9 Å². The second-order valence-corrected chi connectivity index (χ2v) is 9.82. The summed E-state index contributed by atoms with van der Waals surface area (Å²) in [4.78, 5) is 29.1. The molecule has 1 aromatic heterocycles. The van der Waals surface area contributed by atoms with Crippen LogP contribution in [0.2, 0.25) is 0 Å². The molecule has 2 aromatic carbocycles. The normalized spacial score (nSPS) is 12.1. The summed E-state index contributed by atoms with van der Waals surface area (Å²) >= 11 is 1.27. The van der Waals surface area contributed by atoms with Crippen LogP contribution in [0.5, 0.6) is 0 Å². The average molecular weight is 459 g/mol. The topological polar surface area (TPSA) is 94.8 Å². The van der Waals surface area contributed by atoms with Gasteiger partial charge in [-0.25, -0.2) is 13.2 Å². The number of hydrogen-bond donors (Lipinski definition) is 0. The third kappa shape index (κ3) is 5.36. The molecule has 0 fully saturated rings. The number of benzene rings is 2. The van der Waals surface area contributed by atoms with Gasteiger partial charge < -0.3 is 9.30 Å². The van der Waals surface area contributed by atoms with Crippen molar-refractivity contribution >= 4 is 43.3 Å². The summed E-state index contributed by atoms with van der Waals surface area (Å²) in [5, 5.41) is 0. The molecule has 0 aliphatic heterocycles. The zero-order valence-electron chi connectivity index (χ0n) is 17.0. The van der Waals surface area contributed by atoms with Gasteiger partial charge in [-0.2, -0.15) is 4.99 Å². The maximum atomic E-state index is 12.4. The fraction of sp³-hybridized carbons (Fsp3) is 0.227. The molecule has 0 saturated heterocycles. The van der Waals surface area contributed by atoms with Gasteiger partial charge in [0.25, 0.3) is 0 Å². The molecule has 0 bridgehead atoms. The van der Waals surface area contributed by atoms with Crippen molar-refractivity contribution in [1.29, 1.82) is 0 Å². The van der Waals surface area contributed by atoms with Crippen LogP contribution in [0, 0.1) is 0 Å². The van der Waals surface area contributed by atoms with E-state index < -0.39 is 21.7 Å². The van der Waals surface area contributed by atoms with Crippen LogP contribution in [-0.4, -0.2) is 37.7 Å². The number of methoxy groups -OCH3 is 1. The number of amides is 1. The van der Waals surface area contributed by atoms with Gasteiger partial charge in [0.05, 0.1) is 33.5 Å². The Hall–Kier alpha value is -3.04. The minimum atomic E-state index is -3.44. The summed E-state index contributed by atoms with van der Waals surface area (Å²) in [6.45, 7) is 4.18. The van der Waals surface area contributed by atoms with Gasteiger partial charge in [0.15, 0.2) is 14.6 Å². The summed E-state index contributed by atoms with van der Waals surface area (Å²) in [5.74, 6) is -0.972. The van der Waals surface area contributed by atoms with E-state index in [9.17, 15) is 18.0 Å². The predicted octanol–water partition coefficient (Wildman–Crippen LogP) is 3.36. The van der Waals surface area contributed by atoms with Gasteiger partial charge in [0, 0.05) is 13.0 Å². The third-order valence-electron chi connectivity index (χ3n) is 4.54. The second kappa shape index (κ2) is 9.84. The van der Waals surface area contributed by atoms with Crippen molar-refractivity contribution in [2.24, 2.45) is 4.99 Å². The number of thiazole rings is 1. The second-order valence-electron chi connectivity index (χ2n) is 6.70. The molecular weight excluding hydrogens is 436 g/mol. The van der Waals surface area contributed by atoms with E-state index >= 15 is 0 Å². The third-order valence-corrected chi connectivity index (χ3v) is 7.40. The average Bonchev–Trinajstić information content (AvgIpc) is 3.10. The minimum absolute atomic E-state index is 0.0157. The highest BCUT2D eigenvalue weighted by Gasteiger charge is 2.15. The lowest BCUT2D eigenvalue weighted by atomic mass is 10.2. The highest BCUT2D eigenvalue weighted by molar-refractivity contribution is 7.91. The van der Waals surface area contributed by atoms with Crippen LogP contribution in [0.4, 0.5) is 0 Å². The molecule has 1 heterocycles. The lowest BCUT2D eigenvalue weighted by Gasteiger charge is -2.03. The first-order valence-electron chi connectivity index (χ1n) is 9.53. The molecule has 1 amide bonds. The van der Waals surface area contributed by atoms with E-state index in [-0.39, 0.29) is 23.5 Å². The molecule has 0 radical (unpaired) electrons. The van der Waals surface area contributed by atoms with Gasteiger partial charge in [-0.3, -0.25) is 4.79 Å². The Kier molecular flexibility index (Phi) is 7.19. The molecule has 0 N–H and O–H groups in total. The van der Waals surface area contributed by atoms with Gasteiger partial charge in [-0.15, -0.1) is 6.58 Å². The van der Waals surface area contributed by atoms with Crippen molar-refractivity contribution in [2.45, 2.75) is 24.3 Å². The Morgan fingerprint density at radius 2 is 1.94 bits per heavy atom. The first-order chi connectivity index (χ1) is 14.9. The Bertz CT molecular complexity index is 1290. The molecule has 7 nitrogen and oxygen atoms in total. The number of carbonyl (C=O) groups excluding carboxylic acids is 2. The van der Waals surface area contributed by atoms with Crippen LogP contribution in [0.25, 0.3) is 10.2 Å². The standard InChI is InChI=1S/C22H22N2O5S2/c1-3-13-24-18-12-11-16(21(26)29-2)15-19(18)30-22(24)23-20(25)10-7-14-31(27,28)17-8-5-4-6-9-17/h3-6,8-9,11-12,15H,1,7,10,13-14H2,2H3. The molecule has 0 saturated carbocycles. The molecule has 0 atom stereocenters. The number of esters is 1. The van der Waals surface area contributed by atoms with E-state index in [1.54, 1.807) is 54.6 Å². The summed E-state index contributed by atoms with van der Waals surface area (Å²) in [6.07, 6.45) is 1.89. The molecule has 0 aliphatic rings. The van der Waals surface area contributed by atoms with E-state index in [1.165, 1.54) is 18.4 Å². The van der Waals surface area contributed by atoms with Crippen molar-refractivity contribution in [3.63, 3.8) is 0 Å². The minimum Gasteiger partial charge on any atom is -0.465 e. The molecular formula is C22H22N2O5S2. The summed E-state index contributed by atoms with van der Waals surface area (Å²) in [5.41, 5.74) is 1.22. The van der Waals surface area contributed by atoms with Gasteiger partial charge in [-0.05, 0) is 36.8 Å². The number of rotatable bonds is 8. The Morgan fingerprint density at radius 1 is 1.19 bits per heavy atom. The Balaban J connectivity index is 1.80. The fourth-order valence-electron chi connectivity index (χ4n) is 3.03. The number of ether oxygens (including phenoxy) is 1. The van der Waals surface area contributed by atoms with Gasteiger partial charge in [0.2, 0.25) is 5.91 Å². The van der Waals surface area contributed by atoms with Crippen LogP contribution in [0.15, 0.2) is 71.1 Å². The number of carbonyl (C=O) groups is 2. The van der Waals surface area contributed by atoms with Crippen molar-refractivity contribution in [1.82, 2.24) is 4.57 Å². The van der Waals surface area contributed by atoms with E-state index in [2.05, 4.69) is 11.6 Å². The van der Waals surface area contributed by atoms with Crippen LogP contribution in [0.1, 0.15) is 23.2 Å². The number of sulfone groups is 1. The first-order valence-corrected chi connectivity index (χ1v) is 12.0. The Labute approximate surface area is 184 Å². The monoisotopic (exact) mass is 458 g/mol. The van der Waals surface area contributed by atoms with Crippen molar-refractivity contribution < 1.29 is 22.7 Å². The fourth-order valence-corrected chi connectivity index (χ4v) is 5.46. The van der Waals surface area contributed by atoms with Crippen molar-refractivity contribution in [2.75, 3.05) is 12.9 Å². The van der Waals surface area contributed by atoms with Crippen LogP contribution in [-0.2, 0) is 25.9 Å². The zero-order valence-corrected chi connectivity index (χ0v) is 18.6. The molecule has 0 spiro atoms. The zero-order chi connectivity index (χ0) is 22.4. The highest BCUT2D eigenvalue weighted by atomic mass is 32.2. The van der Waals surface area contributed by atoms with Crippen molar-refractivity contribution in [3.8, 4) is 0 Å². The van der Waals surface area contributed by atoms with E-state index in [4.69, 9.17) is 4.74 Å². The molecule has 3 rings (SSSR count). The first kappa shape index (κ1) is 22.6. The van der Waals surface area contributed by atoms with Crippen LogP contribution >= 0.6 is 11.3 Å². The number of allylic oxidation sites excluding steroid dienone is 1. The lowest BCUT2D eigenvalue weighted by Crippen LogP contribution is -2.16. The lowest BCUT2D eigenvalue weighted by molar-refractivity contribution is -0.118.